The molecule has 3 rings (SSSR count). The van der Waals surface area contributed by atoms with Gasteiger partial charge in [0, 0.05) is 34.5 Å². The molecule has 3 heteroatoms. The fourth-order valence-electron chi connectivity index (χ4n) is 3.61. The lowest BCUT2D eigenvalue weighted by Crippen LogP contribution is -2.44. The van der Waals surface area contributed by atoms with Crippen molar-refractivity contribution >= 4 is 17.4 Å². The monoisotopic (exact) mass is 288 g/mol. The molecule has 2 heterocycles. The van der Waals surface area contributed by atoms with Crippen LogP contribution in [0.3, 0.4) is 0 Å². The van der Waals surface area contributed by atoms with Crippen molar-refractivity contribution in [2.45, 2.75) is 48.7 Å². The van der Waals surface area contributed by atoms with E-state index in [2.05, 4.69) is 48.1 Å². The molecule has 1 N–H and O–H groups in total. The number of rotatable bonds is 5. The molecule has 0 saturated carbocycles. The molecule has 2 fully saturated rings. The number of fused-ring (bicyclic) bond motifs is 2. The zero-order valence-corrected chi connectivity index (χ0v) is 13.0. The molecule has 2 unspecified atom stereocenters. The fraction of sp³-hybridized carbons (Fsp3) is 0.529. The summed E-state index contributed by atoms with van der Waals surface area (Å²) in [6.45, 7) is 3.81. The minimum Gasteiger partial charge on any atom is -0.381 e. The number of benzene rings is 1. The summed E-state index contributed by atoms with van der Waals surface area (Å²) in [4.78, 5) is 3.94. The largest absolute Gasteiger partial charge is 0.381 e. The third kappa shape index (κ3) is 2.89. The van der Waals surface area contributed by atoms with E-state index in [0.717, 1.165) is 17.8 Å². The van der Waals surface area contributed by atoms with Gasteiger partial charge in [-0.05, 0) is 44.9 Å². The van der Waals surface area contributed by atoms with Gasteiger partial charge in [0.25, 0.3) is 0 Å². The molecule has 0 radical (unpaired) electrons. The lowest BCUT2D eigenvalue weighted by Gasteiger charge is -2.37. The maximum atomic E-state index is 3.81. The summed E-state index contributed by atoms with van der Waals surface area (Å²) < 4.78 is 0. The van der Waals surface area contributed by atoms with Gasteiger partial charge in [0.05, 0.1) is 0 Å². The molecular formula is C17H24N2S. The van der Waals surface area contributed by atoms with Gasteiger partial charge in [0.15, 0.2) is 0 Å². The smallest absolute Gasteiger partial charge is 0.0480 e. The van der Waals surface area contributed by atoms with Gasteiger partial charge in [0.1, 0.15) is 0 Å². The maximum Gasteiger partial charge on any atom is 0.0480 e. The summed E-state index contributed by atoms with van der Waals surface area (Å²) in [5.74, 6) is 0.970. The quantitative estimate of drug-likeness (QED) is 0.651. The Kier molecular flexibility index (Phi) is 4.37. The molecule has 0 spiro atoms. The first-order valence-electron chi connectivity index (χ1n) is 7.59. The van der Waals surface area contributed by atoms with Crippen LogP contribution in [0.25, 0.3) is 0 Å². The molecule has 2 aliphatic rings. The number of nitrogens with one attached hydrogen (secondary N) is 1. The average molecular weight is 288 g/mol. The zero-order chi connectivity index (χ0) is 13.9. The van der Waals surface area contributed by atoms with Gasteiger partial charge in [-0.3, -0.25) is 0 Å². The van der Waals surface area contributed by atoms with E-state index in [4.69, 9.17) is 0 Å². The molecule has 1 aromatic rings. The van der Waals surface area contributed by atoms with Crippen LogP contribution in [0.1, 0.15) is 25.7 Å². The first kappa shape index (κ1) is 14.0. The van der Waals surface area contributed by atoms with Crippen LogP contribution >= 0.6 is 11.8 Å². The van der Waals surface area contributed by atoms with E-state index < -0.39 is 0 Å². The molecule has 1 aromatic carbocycles. The maximum absolute atomic E-state index is 3.81. The molecule has 2 aliphatic heterocycles. The minimum atomic E-state index is 0.634. The summed E-state index contributed by atoms with van der Waals surface area (Å²) in [6.07, 6.45) is 7.30. The predicted molar refractivity (Wildman–Crippen MR) is 88.6 cm³/mol. The third-order valence-electron chi connectivity index (χ3n) is 4.70. The van der Waals surface area contributed by atoms with E-state index >= 15 is 0 Å². The normalized spacial score (nSPS) is 29.4. The van der Waals surface area contributed by atoms with Crippen LogP contribution in [-0.4, -0.2) is 35.8 Å². The first-order chi connectivity index (χ1) is 9.78. The van der Waals surface area contributed by atoms with E-state index in [0.29, 0.717) is 6.04 Å². The Morgan fingerprint density at radius 2 is 2.00 bits per heavy atom. The Balaban J connectivity index is 1.67. The number of anilines is 1. The topological polar surface area (TPSA) is 15.3 Å². The highest BCUT2D eigenvalue weighted by Crippen LogP contribution is 2.36. The highest BCUT2D eigenvalue weighted by Gasteiger charge is 2.38. The van der Waals surface area contributed by atoms with Gasteiger partial charge < -0.3 is 10.2 Å². The average Bonchev–Trinajstić information content (AvgIpc) is 2.68. The summed E-state index contributed by atoms with van der Waals surface area (Å²) in [5, 5.41) is 3.80. The van der Waals surface area contributed by atoms with E-state index in [9.17, 15) is 0 Å². The molecular weight excluding hydrogens is 264 g/mol. The van der Waals surface area contributed by atoms with Crippen LogP contribution in [-0.2, 0) is 0 Å². The van der Waals surface area contributed by atoms with Crippen molar-refractivity contribution in [3.05, 3.63) is 36.9 Å². The Morgan fingerprint density at radius 1 is 1.30 bits per heavy atom. The van der Waals surface area contributed by atoms with E-state index in [1.165, 1.54) is 36.3 Å². The molecule has 108 valence electrons. The second-order valence-electron chi connectivity index (χ2n) is 5.96. The van der Waals surface area contributed by atoms with Crippen LogP contribution in [0.5, 0.6) is 0 Å². The molecule has 2 atom stereocenters. The minimum absolute atomic E-state index is 0.634. The van der Waals surface area contributed by atoms with Crippen LogP contribution in [0.15, 0.2) is 41.8 Å². The molecule has 20 heavy (non-hydrogen) atoms. The predicted octanol–water partition coefficient (Wildman–Crippen LogP) is 4.00. The van der Waals surface area contributed by atoms with Gasteiger partial charge >= 0.3 is 0 Å². The van der Waals surface area contributed by atoms with Crippen molar-refractivity contribution in [2.24, 2.45) is 0 Å². The highest BCUT2D eigenvalue weighted by atomic mass is 32.2. The van der Waals surface area contributed by atoms with Gasteiger partial charge in [-0.2, -0.15) is 0 Å². The van der Waals surface area contributed by atoms with E-state index in [-0.39, 0.29) is 0 Å². The molecule has 0 aliphatic carbocycles. The number of para-hydroxylation sites is 1. The van der Waals surface area contributed by atoms with Crippen molar-refractivity contribution < 1.29 is 0 Å². The van der Waals surface area contributed by atoms with Crippen LogP contribution in [0, 0.1) is 0 Å². The van der Waals surface area contributed by atoms with Gasteiger partial charge in [-0.1, -0.05) is 18.2 Å². The Bertz CT molecular complexity index is 460. The van der Waals surface area contributed by atoms with Gasteiger partial charge in [-0.15, -0.1) is 18.3 Å². The molecule has 0 amide bonds. The Labute approximate surface area is 126 Å². The van der Waals surface area contributed by atoms with Crippen molar-refractivity contribution in [1.29, 1.82) is 0 Å². The summed E-state index contributed by atoms with van der Waals surface area (Å²) in [7, 11) is 2.30. The first-order valence-corrected chi connectivity index (χ1v) is 8.57. The van der Waals surface area contributed by atoms with Crippen molar-refractivity contribution in [3.63, 3.8) is 0 Å². The standard InChI is InChI=1S/C17H24N2S/c1-3-10-20-17-7-5-4-6-16(17)18-13-11-14-8-9-15(12-13)19(14)2/h3-7,13-15,18H,1,8-12H2,2H3. The van der Waals surface area contributed by atoms with Gasteiger partial charge in [-0.25, -0.2) is 0 Å². The summed E-state index contributed by atoms with van der Waals surface area (Å²) in [6, 6.07) is 10.9. The summed E-state index contributed by atoms with van der Waals surface area (Å²) in [5.41, 5.74) is 1.30. The number of piperidine rings is 1. The number of hydrogen-bond acceptors (Lipinski definition) is 3. The summed E-state index contributed by atoms with van der Waals surface area (Å²) >= 11 is 1.86. The molecule has 0 aromatic heterocycles. The Hall–Kier alpha value is -0.930. The second kappa shape index (κ2) is 6.23. The molecule has 2 nitrogen and oxygen atoms in total. The van der Waals surface area contributed by atoms with Crippen LogP contribution < -0.4 is 5.32 Å². The molecule has 2 bridgehead atoms. The van der Waals surface area contributed by atoms with Crippen LogP contribution in [0.2, 0.25) is 0 Å². The van der Waals surface area contributed by atoms with E-state index in [1.54, 1.807) is 0 Å². The van der Waals surface area contributed by atoms with E-state index in [1.807, 2.05) is 17.8 Å². The lowest BCUT2D eigenvalue weighted by atomic mass is 9.98. The van der Waals surface area contributed by atoms with Gasteiger partial charge in [0.2, 0.25) is 0 Å². The highest BCUT2D eigenvalue weighted by molar-refractivity contribution is 7.99. The fourth-order valence-corrected chi connectivity index (χ4v) is 4.36. The van der Waals surface area contributed by atoms with Crippen molar-refractivity contribution in [1.82, 2.24) is 4.90 Å². The number of hydrogen-bond donors (Lipinski definition) is 1. The molecule has 2 saturated heterocycles. The second-order valence-corrected chi connectivity index (χ2v) is 7.02. The number of nitrogens with zero attached hydrogens (tertiary/aromatic N) is 1. The van der Waals surface area contributed by atoms with Crippen molar-refractivity contribution in [2.75, 3.05) is 18.1 Å². The lowest BCUT2D eigenvalue weighted by molar-refractivity contribution is 0.169. The van der Waals surface area contributed by atoms with Crippen molar-refractivity contribution in [3.8, 4) is 0 Å². The zero-order valence-electron chi connectivity index (χ0n) is 12.2. The van der Waals surface area contributed by atoms with Crippen LogP contribution in [0.4, 0.5) is 5.69 Å². The SMILES string of the molecule is C=CCSc1ccccc1NC1CC2CCC(C1)N2C. The number of thioether (sulfide) groups is 1. The third-order valence-corrected chi connectivity index (χ3v) is 5.77. The Morgan fingerprint density at radius 3 is 2.70 bits per heavy atom.